The second-order valence-corrected chi connectivity index (χ2v) is 8.20. The highest BCUT2D eigenvalue weighted by atomic mass is 79.9. The Morgan fingerprint density at radius 2 is 2.11 bits per heavy atom. The first-order valence-electron chi connectivity index (χ1n) is 6.50. The van der Waals surface area contributed by atoms with E-state index in [2.05, 4.69) is 27.8 Å². The molecule has 0 saturated heterocycles. The summed E-state index contributed by atoms with van der Waals surface area (Å²) in [6.07, 6.45) is 7.18. The lowest BCUT2D eigenvalue weighted by Gasteiger charge is -2.33. The number of hydrogen-bond donors (Lipinski definition) is 0. The molecule has 1 aromatic rings. The fourth-order valence-corrected chi connectivity index (χ4v) is 4.53. The highest BCUT2D eigenvalue weighted by Gasteiger charge is 2.31. The fraction of sp³-hybridized carbons (Fsp3) is 0.615. The van der Waals surface area contributed by atoms with Crippen molar-refractivity contribution < 1.29 is 8.42 Å². The van der Waals surface area contributed by atoms with E-state index in [0.717, 1.165) is 19.3 Å². The number of sulfonamides is 1. The van der Waals surface area contributed by atoms with Gasteiger partial charge in [0.15, 0.2) is 0 Å². The standard InChI is InChI=1S/C13H19BrN2O2S/c1-10-4-3-5-12(6-10)16(2)19(17,18)13-7-11(14)8-15-9-13/h7-10,12H,3-6H2,1-2H3. The quantitative estimate of drug-likeness (QED) is 0.844. The monoisotopic (exact) mass is 346 g/mol. The lowest BCUT2D eigenvalue weighted by atomic mass is 9.87. The van der Waals surface area contributed by atoms with Crippen LogP contribution in [-0.2, 0) is 10.0 Å². The Labute approximate surface area is 123 Å². The van der Waals surface area contributed by atoms with E-state index in [-0.39, 0.29) is 10.9 Å². The van der Waals surface area contributed by atoms with Gasteiger partial charge in [0, 0.05) is 30.0 Å². The molecule has 0 bridgehead atoms. The first-order chi connectivity index (χ1) is 8.91. The molecule has 0 spiro atoms. The van der Waals surface area contributed by atoms with E-state index in [4.69, 9.17) is 0 Å². The molecule has 1 fully saturated rings. The molecule has 0 aliphatic heterocycles. The summed E-state index contributed by atoms with van der Waals surface area (Å²) in [5, 5.41) is 0. The maximum absolute atomic E-state index is 12.6. The number of nitrogens with zero attached hydrogens (tertiary/aromatic N) is 2. The number of pyridine rings is 1. The van der Waals surface area contributed by atoms with E-state index in [1.165, 1.54) is 16.9 Å². The van der Waals surface area contributed by atoms with Crippen molar-refractivity contribution in [1.82, 2.24) is 9.29 Å². The molecule has 106 valence electrons. The minimum atomic E-state index is -3.44. The van der Waals surface area contributed by atoms with Gasteiger partial charge in [0.05, 0.1) is 0 Å². The van der Waals surface area contributed by atoms with Crippen LogP contribution >= 0.6 is 15.9 Å². The van der Waals surface area contributed by atoms with Gasteiger partial charge in [-0.2, -0.15) is 4.31 Å². The molecule has 2 rings (SSSR count). The van der Waals surface area contributed by atoms with Crippen molar-refractivity contribution in [2.75, 3.05) is 7.05 Å². The lowest BCUT2D eigenvalue weighted by Crippen LogP contribution is -2.39. The van der Waals surface area contributed by atoms with Crippen LogP contribution in [0.4, 0.5) is 0 Å². The van der Waals surface area contributed by atoms with Crippen molar-refractivity contribution in [3.63, 3.8) is 0 Å². The zero-order valence-corrected chi connectivity index (χ0v) is 13.6. The number of aromatic nitrogens is 1. The lowest BCUT2D eigenvalue weighted by molar-refractivity contribution is 0.239. The van der Waals surface area contributed by atoms with Crippen molar-refractivity contribution in [2.45, 2.75) is 43.5 Å². The van der Waals surface area contributed by atoms with Gasteiger partial charge in [0.25, 0.3) is 0 Å². The predicted octanol–water partition coefficient (Wildman–Crippen LogP) is 3.04. The molecule has 19 heavy (non-hydrogen) atoms. The fourth-order valence-electron chi connectivity index (χ4n) is 2.63. The molecule has 1 aliphatic carbocycles. The Morgan fingerprint density at radius 1 is 1.37 bits per heavy atom. The molecule has 0 aromatic carbocycles. The Balaban J connectivity index is 2.24. The van der Waals surface area contributed by atoms with E-state index in [1.54, 1.807) is 19.3 Å². The molecule has 2 atom stereocenters. The molecule has 0 radical (unpaired) electrons. The zero-order chi connectivity index (χ0) is 14.0. The summed E-state index contributed by atoms with van der Waals surface area (Å²) in [6, 6.07) is 1.71. The normalized spacial score (nSPS) is 24.6. The molecule has 6 heteroatoms. The molecular weight excluding hydrogens is 328 g/mol. The van der Waals surface area contributed by atoms with Crippen LogP contribution in [0.15, 0.2) is 27.8 Å². The summed E-state index contributed by atoms with van der Waals surface area (Å²) >= 11 is 3.26. The number of halogens is 1. The second-order valence-electron chi connectivity index (χ2n) is 5.29. The zero-order valence-electron chi connectivity index (χ0n) is 11.2. The van der Waals surface area contributed by atoms with E-state index in [9.17, 15) is 8.42 Å². The Bertz CT molecular complexity index is 547. The Kier molecular flexibility index (Phi) is 4.63. The maximum atomic E-state index is 12.6. The summed E-state index contributed by atoms with van der Waals surface area (Å²) in [6.45, 7) is 2.19. The van der Waals surface area contributed by atoms with E-state index < -0.39 is 10.0 Å². The van der Waals surface area contributed by atoms with Crippen LogP contribution in [0.2, 0.25) is 0 Å². The van der Waals surface area contributed by atoms with Crippen molar-refractivity contribution in [1.29, 1.82) is 0 Å². The summed E-state index contributed by atoms with van der Waals surface area (Å²) in [7, 11) is -1.76. The molecule has 1 aliphatic rings. The average Bonchev–Trinajstić information content (AvgIpc) is 2.38. The third kappa shape index (κ3) is 3.35. The Hall–Kier alpha value is -0.460. The van der Waals surface area contributed by atoms with E-state index in [1.807, 2.05) is 0 Å². The van der Waals surface area contributed by atoms with Crippen molar-refractivity contribution in [2.24, 2.45) is 5.92 Å². The first-order valence-corrected chi connectivity index (χ1v) is 8.73. The third-order valence-corrected chi connectivity index (χ3v) is 6.09. The van der Waals surface area contributed by atoms with Gasteiger partial charge in [-0.3, -0.25) is 4.98 Å². The highest BCUT2D eigenvalue weighted by Crippen LogP contribution is 2.30. The van der Waals surface area contributed by atoms with Crippen molar-refractivity contribution in [3.8, 4) is 0 Å². The van der Waals surface area contributed by atoms with Gasteiger partial charge in [0.1, 0.15) is 4.90 Å². The smallest absolute Gasteiger partial charge is 0.244 e. The van der Waals surface area contributed by atoms with E-state index >= 15 is 0 Å². The predicted molar refractivity (Wildman–Crippen MR) is 78.3 cm³/mol. The van der Waals surface area contributed by atoms with Gasteiger partial charge in [-0.05, 0) is 40.8 Å². The minimum Gasteiger partial charge on any atom is -0.262 e. The Morgan fingerprint density at radius 3 is 2.74 bits per heavy atom. The topological polar surface area (TPSA) is 50.3 Å². The van der Waals surface area contributed by atoms with Crippen LogP contribution in [-0.4, -0.2) is 30.8 Å². The minimum absolute atomic E-state index is 0.104. The van der Waals surface area contributed by atoms with Crippen molar-refractivity contribution in [3.05, 3.63) is 22.9 Å². The average molecular weight is 347 g/mol. The molecule has 0 amide bonds. The largest absolute Gasteiger partial charge is 0.262 e. The van der Waals surface area contributed by atoms with Gasteiger partial charge in [-0.15, -0.1) is 0 Å². The molecule has 4 nitrogen and oxygen atoms in total. The van der Waals surface area contributed by atoms with Crippen LogP contribution in [0, 0.1) is 5.92 Å². The maximum Gasteiger partial charge on any atom is 0.244 e. The van der Waals surface area contributed by atoms with Crippen LogP contribution < -0.4 is 0 Å². The molecular formula is C13H19BrN2O2S. The molecule has 1 saturated carbocycles. The molecule has 2 unspecified atom stereocenters. The van der Waals surface area contributed by atoms with Gasteiger partial charge in [-0.25, -0.2) is 8.42 Å². The van der Waals surface area contributed by atoms with Gasteiger partial charge in [0.2, 0.25) is 10.0 Å². The molecule has 0 N–H and O–H groups in total. The SMILES string of the molecule is CC1CCCC(N(C)S(=O)(=O)c2cncc(Br)c2)C1. The highest BCUT2D eigenvalue weighted by molar-refractivity contribution is 9.10. The summed E-state index contributed by atoms with van der Waals surface area (Å²) in [4.78, 5) is 4.19. The van der Waals surface area contributed by atoms with Crippen LogP contribution in [0.1, 0.15) is 32.6 Å². The summed E-state index contributed by atoms with van der Waals surface area (Å²) < 4.78 is 27.3. The van der Waals surface area contributed by atoms with Gasteiger partial charge >= 0.3 is 0 Å². The van der Waals surface area contributed by atoms with E-state index in [0.29, 0.717) is 10.4 Å². The summed E-state index contributed by atoms with van der Waals surface area (Å²) in [5.74, 6) is 0.594. The summed E-state index contributed by atoms with van der Waals surface area (Å²) in [5.41, 5.74) is 0. The molecule has 1 aromatic heterocycles. The van der Waals surface area contributed by atoms with Crippen LogP contribution in [0.3, 0.4) is 0 Å². The van der Waals surface area contributed by atoms with Gasteiger partial charge < -0.3 is 0 Å². The molecule has 1 heterocycles. The number of rotatable bonds is 3. The second kappa shape index (κ2) is 5.89. The van der Waals surface area contributed by atoms with Crippen LogP contribution in [0.5, 0.6) is 0 Å². The van der Waals surface area contributed by atoms with Gasteiger partial charge in [-0.1, -0.05) is 19.8 Å². The first kappa shape index (κ1) is 14.9. The van der Waals surface area contributed by atoms with Crippen LogP contribution in [0.25, 0.3) is 0 Å². The number of hydrogen-bond acceptors (Lipinski definition) is 3. The third-order valence-electron chi connectivity index (χ3n) is 3.78. The van der Waals surface area contributed by atoms with Crippen molar-refractivity contribution >= 4 is 26.0 Å².